The quantitative estimate of drug-likeness (QED) is 0.0271. The second kappa shape index (κ2) is 30.2. The number of rotatable bonds is 17. The number of imidazole rings is 1. The maximum atomic E-state index is 14.9. The van der Waals surface area contributed by atoms with E-state index < -0.39 is 102 Å². The topological polar surface area (TPSA) is 363 Å². The number of carboxylic acids is 1. The highest BCUT2D eigenvalue weighted by molar-refractivity contribution is 8.76. The molecular weight excluding hydrogens is 1070 g/mol. The fourth-order valence-corrected chi connectivity index (χ4v) is 11.2. The summed E-state index contributed by atoms with van der Waals surface area (Å²) in [5.41, 5.74) is 12.9. The van der Waals surface area contributed by atoms with E-state index in [1.165, 1.54) is 26.4 Å². The smallest absolute Gasteiger partial charge is 0.327 e. The van der Waals surface area contributed by atoms with E-state index in [4.69, 9.17) is 11.5 Å². The van der Waals surface area contributed by atoms with E-state index >= 15 is 0 Å². The summed E-state index contributed by atoms with van der Waals surface area (Å²) in [6.45, 7) is 4.57. The molecule has 0 unspecified atom stereocenters. The number of nitrogens with two attached hydrogens (primary N) is 2. The van der Waals surface area contributed by atoms with Gasteiger partial charge in [-0.1, -0.05) is 126 Å². The molecule has 0 aliphatic carbocycles. The average Bonchev–Trinajstić information content (AvgIpc) is 3.95. The summed E-state index contributed by atoms with van der Waals surface area (Å²) in [6.07, 6.45) is 4.02. The lowest BCUT2D eigenvalue weighted by molar-refractivity contribution is -0.141. The Morgan fingerprint density at radius 3 is 2.02 bits per heavy atom. The summed E-state index contributed by atoms with van der Waals surface area (Å²) < 4.78 is 0. The Balaban J connectivity index is 1.41. The molecule has 1 aliphatic rings. The van der Waals surface area contributed by atoms with E-state index in [0.717, 1.165) is 43.1 Å². The van der Waals surface area contributed by atoms with Crippen LogP contribution in [0.2, 0.25) is 0 Å². The number of H-pyrrole nitrogens is 1. The number of carbonyl (C=O) groups is 9. The van der Waals surface area contributed by atoms with Crippen molar-refractivity contribution >= 4 is 102 Å². The molecular formula is C55H69N13O10S2. The first-order valence-electron chi connectivity index (χ1n) is 26.2. The van der Waals surface area contributed by atoms with Gasteiger partial charge in [-0.25, -0.2) is 9.78 Å². The minimum Gasteiger partial charge on any atom is -0.480 e. The van der Waals surface area contributed by atoms with Gasteiger partial charge in [0.2, 0.25) is 47.3 Å². The maximum absolute atomic E-state index is 14.9. The van der Waals surface area contributed by atoms with Crippen LogP contribution < -0.4 is 54.0 Å². The summed E-state index contributed by atoms with van der Waals surface area (Å²) >= 11 is 0. The molecule has 1 aliphatic heterocycles. The lowest BCUT2D eigenvalue weighted by Gasteiger charge is -2.27. The highest BCUT2D eigenvalue weighted by Crippen LogP contribution is 2.25. The number of unbranched alkanes of at least 4 members (excludes halogenated alkanes) is 1. The van der Waals surface area contributed by atoms with E-state index in [2.05, 4.69) is 57.5 Å². The number of nitrogens with zero attached hydrogens (tertiary/aromatic N) is 2. The standard InChI is InChI=1S/C55H69N13O10S2/c1-4-5-18-40(62-32(3)69)48(71)67-45-28-79-80-29-46(54(77)78)68-51(74)43(25-37-16-10-15-35-13-8-9-17-39(35)37)66-49(72)41(19-11-22-59-55(56)57)63-50(73)42(24-33-20-21-34-12-6-7-14-36(34)23-33)65-52(75)44(26-38-27-58-30-60-38)64-47(70)31(2)61-53(45)76/h6-10,12-17,20-21,23,27,30-31,40-46H,4-5,11,18-19,22,24-26,28-29H2,1-3H3,(H,58,60)(H,61,76)(H,62,69)(H,63,73)(H,64,70)(H,65,75)(H,66,72)(H,67,71)(H,68,74)(H,77,78)(H4,56,57,59)/t31-,40+,41+,42-,43+,44+,45+,46+/m1/s1. The Hall–Kier alpha value is -8.19. The van der Waals surface area contributed by atoms with Gasteiger partial charge in [-0.05, 0) is 58.9 Å². The van der Waals surface area contributed by atoms with Gasteiger partial charge in [0, 0.05) is 56.1 Å². The summed E-state index contributed by atoms with van der Waals surface area (Å²) in [4.78, 5) is 137. The van der Waals surface area contributed by atoms with Crippen molar-refractivity contribution in [2.75, 3.05) is 18.1 Å². The molecule has 14 N–H and O–H groups in total. The fourth-order valence-electron chi connectivity index (χ4n) is 8.86. The normalized spacial score (nSPS) is 21.6. The van der Waals surface area contributed by atoms with Crippen LogP contribution in [0.4, 0.5) is 0 Å². The number of benzene rings is 4. The molecule has 25 heteroatoms. The number of aromatic nitrogens is 2. The van der Waals surface area contributed by atoms with Crippen molar-refractivity contribution in [3.63, 3.8) is 0 Å². The van der Waals surface area contributed by atoms with Crippen LogP contribution >= 0.6 is 21.6 Å². The van der Waals surface area contributed by atoms with Gasteiger partial charge in [-0.3, -0.25) is 43.3 Å². The molecule has 0 saturated carbocycles. The van der Waals surface area contributed by atoms with E-state index in [1.807, 2.05) is 73.7 Å². The number of aliphatic imine (C=N–C) groups is 1. The minimum absolute atomic E-state index is 0.0483. The monoisotopic (exact) mass is 1140 g/mol. The number of hydrogen-bond acceptors (Lipinski definition) is 13. The Morgan fingerprint density at radius 1 is 0.713 bits per heavy atom. The van der Waals surface area contributed by atoms with Gasteiger partial charge in [-0.15, -0.1) is 0 Å². The van der Waals surface area contributed by atoms with E-state index in [1.54, 1.807) is 18.2 Å². The van der Waals surface area contributed by atoms with Crippen molar-refractivity contribution in [2.24, 2.45) is 16.5 Å². The van der Waals surface area contributed by atoms with Crippen LogP contribution in [0.15, 0.2) is 102 Å². The summed E-state index contributed by atoms with van der Waals surface area (Å²) in [5, 5.41) is 35.4. The molecule has 4 aromatic carbocycles. The Morgan fingerprint density at radius 2 is 1.34 bits per heavy atom. The predicted molar refractivity (Wildman–Crippen MR) is 306 cm³/mol. The second-order valence-electron chi connectivity index (χ2n) is 19.4. The van der Waals surface area contributed by atoms with Gasteiger partial charge >= 0.3 is 5.97 Å². The van der Waals surface area contributed by atoms with E-state index in [0.29, 0.717) is 29.7 Å². The summed E-state index contributed by atoms with van der Waals surface area (Å²) in [7, 11) is 1.96. The van der Waals surface area contributed by atoms with Crippen LogP contribution in [-0.4, -0.2) is 141 Å². The van der Waals surface area contributed by atoms with Crippen LogP contribution in [0.5, 0.6) is 0 Å². The number of carboxylic acid groups (broad SMARTS) is 1. The number of aromatic amines is 1. The molecule has 1 aromatic heterocycles. The van der Waals surface area contributed by atoms with Gasteiger partial charge in [0.1, 0.15) is 48.3 Å². The number of amides is 8. The van der Waals surface area contributed by atoms with Gasteiger partial charge < -0.3 is 64.1 Å². The summed E-state index contributed by atoms with van der Waals surface area (Å²) in [5.74, 6) is -8.24. The van der Waals surface area contributed by atoms with Crippen LogP contribution in [0, 0.1) is 0 Å². The zero-order valence-electron chi connectivity index (χ0n) is 44.6. The molecule has 80 heavy (non-hydrogen) atoms. The van der Waals surface area contributed by atoms with Crippen LogP contribution in [-0.2, 0) is 62.4 Å². The van der Waals surface area contributed by atoms with Crippen LogP contribution in [0.1, 0.15) is 69.7 Å². The zero-order valence-corrected chi connectivity index (χ0v) is 46.3. The number of fused-ring (bicyclic) bond motifs is 2. The summed E-state index contributed by atoms with van der Waals surface area (Å²) in [6, 6.07) is 15.0. The number of aliphatic carboxylic acids is 1. The first-order chi connectivity index (χ1) is 38.4. The first-order valence-corrected chi connectivity index (χ1v) is 28.7. The van der Waals surface area contributed by atoms with Gasteiger partial charge in [0.15, 0.2) is 5.96 Å². The molecule has 8 amide bonds. The van der Waals surface area contributed by atoms with E-state index in [-0.39, 0.29) is 62.5 Å². The molecule has 0 spiro atoms. The molecule has 426 valence electrons. The maximum Gasteiger partial charge on any atom is 0.327 e. The average molecular weight is 1140 g/mol. The second-order valence-corrected chi connectivity index (χ2v) is 21.9. The van der Waals surface area contributed by atoms with Crippen molar-refractivity contribution in [1.82, 2.24) is 52.5 Å². The number of nitrogens with one attached hydrogen (secondary N) is 9. The number of carbonyl (C=O) groups excluding carboxylic acids is 8. The van der Waals surface area contributed by atoms with Crippen LogP contribution in [0.3, 0.4) is 0 Å². The Bertz CT molecular complexity index is 3030. The lowest BCUT2D eigenvalue weighted by Crippen LogP contribution is -2.60. The molecule has 0 bridgehead atoms. The molecule has 8 atom stereocenters. The minimum atomic E-state index is -1.55. The SMILES string of the molecule is CCCC[C@H](NC(C)=O)C(=O)N[C@H]1CSSC[C@@H](C(=O)O)NC(=O)[C@H](Cc2cccc3ccccc23)NC(=O)[C@H](CCCN=C(N)N)NC(=O)[C@@H](Cc2ccc3ccccc3c2)NC(=O)[C@H](Cc2cnc[nH]2)NC(=O)[C@@H](C)NC1=O. The van der Waals surface area contributed by atoms with Crippen molar-refractivity contribution in [3.05, 3.63) is 114 Å². The fraction of sp³-hybridized carbons (Fsp3) is 0.400. The van der Waals surface area contributed by atoms with Crippen molar-refractivity contribution in [3.8, 4) is 0 Å². The molecule has 2 heterocycles. The van der Waals surface area contributed by atoms with Crippen molar-refractivity contribution in [2.45, 2.75) is 120 Å². The molecule has 23 nitrogen and oxygen atoms in total. The Kier molecular flexibility index (Phi) is 23.1. The largest absolute Gasteiger partial charge is 0.480 e. The molecule has 5 aromatic rings. The molecule has 1 saturated heterocycles. The lowest BCUT2D eigenvalue weighted by atomic mass is 9.97. The van der Waals surface area contributed by atoms with Crippen molar-refractivity contribution in [1.29, 1.82) is 0 Å². The molecule has 0 radical (unpaired) electrons. The van der Waals surface area contributed by atoms with Gasteiger partial charge in [-0.2, -0.15) is 0 Å². The molecule has 6 rings (SSSR count). The van der Waals surface area contributed by atoms with Gasteiger partial charge in [0.05, 0.1) is 6.33 Å². The zero-order chi connectivity index (χ0) is 57.7. The first kappa shape index (κ1) is 61.0. The number of hydrogen-bond donors (Lipinski definition) is 12. The van der Waals surface area contributed by atoms with E-state index in [9.17, 15) is 48.3 Å². The predicted octanol–water partition coefficient (Wildman–Crippen LogP) is 1.39. The highest BCUT2D eigenvalue weighted by atomic mass is 33.1. The van der Waals surface area contributed by atoms with Crippen LogP contribution in [0.25, 0.3) is 21.5 Å². The molecule has 1 fully saturated rings. The number of guanidine groups is 1. The third kappa shape index (κ3) is 18.5. The third-order valence-corrected chi connectivity index (χ3v) is 15.5. The van der Waals surface area contributed by atoms with Gasteiger partial charge in [0.25, 0.3) is 0 Å². The Labute approximate surface area is 470 Å². The highest BCUT2D eigenvalue weighted by Gasteiger charge is 2.35. The van der Waals surface area contributed by atoms with Crippen molar-refractivity contribution < 1.29 is 48.3 Å². The third-order valence-electron chi connectivity index (χ3n) is 13.1.